The van der Waals surface area contributed by atoms with E-state index in [1.165, 1.54) is 36.4 Å². The van der Waals surface area contributed by atoms with Crippen LogP contribution in [0.2, 0.25) is 0 Å². The zero-order valence-electron chi connectivity index (χ0n) is 30.3. The van der Waals surface area contributed by atoms with Crippen LogP contribution in [0.5, 0.6) is 5.75 Å². The normalized spacial score (nSPS) is 24.5. The van der Waals surface area contributed by atoms with Crippen LogP contribution in [-0.4, -0.2) is 75.0 Å². The number of allylic oxidation sites excluding steroid dienone is 2. The summed E-state index contributed by atoms with van der Waals surface area (Å²) in [6, 6.07) is 14.7. The summed E-state index contributed by atoms with van der Waals surface area (Å²) in [5.41, 5.74) is -0.479. The highest BCUT2D eigenvalue weighted by atomic mass is 19.4. The molecule has 1 saturated carbocycles. The van der Waals surface area contributed by atoms with E-state index in [1.54, 1.807) is 17.0 Å². The number of fused-ring (bicyclic) bond motifs is 8. The highest BCUT2D eigenvalue weighted by Gasteiger charge is 2.57. The summed E-state index contributed by atoms with van der Waals surface area (Å²) < 4.78 is 83.4. The molecule has 3 aromatic carbocycles. The Morgan fingerprint density at radius 1 is 1.00 bits per heavy atom. The molecule has 0 spiro atoms. The number of benzene rings is 3. The molecular weight excluding hydrogens is 716 g/mol. The van der Waals surface area contributed by atoms with E-state index in [-0.39, 0.29) is 43.6 Å². The predicted octanol–water partition coefficient (Wildman–Crippen LogP) is 7.73. The minimum atomic E-state index is -4.87. The first kappa shape index (κ1) is 41.4. The van der Waals surface area contributed by atoms with Gasteiger partial charge in [-0.15, -0.1) is 13.2 Å². The molecule has 0 amide bonds. The summed E-state index contributed by atoms with van der Waals surface area (Å²) in [6.07, 6.45) is -6.46. The molecule has 2 bridgehead atoms. The molecule has 4 N–H and O–H groups in total. The standard InChI is InChI=1S/C41H47F6NO6/c1-26-5-4-17-38(2)36(16-18-39(38,53)25-48(23-32(51)24-49)22-27-9-13-33(14-10-27)54-41(45,46)47)34-15-11-28(19-31(50)12-8-26)20-35(34)37(52)29-6-3-7-30(21-29)40(42,43)44/h3,5-7,9-11,13-15,20-21,31-32,36,49-51,53H,4,8,12,16-19,22-25H2,1-2H3. The summed E-state index contributed by atoms with van der Waals surface area (Å²) in [7, 11) is 0. The summed E-state index contributed by atoms with van der Waals surface area (Å²) >= 11 is 0. The van der Waals surface area contributed by atoms with Crippen LogP contribution in [0.1, 0.15) is 96.5 Å². The van der Waals surface area contributed by atoms with Gasteiger partial charge < -0.3 is 25.2 Å². The van der Waals surface area contributed by atoms with Gasteiger partial charge in [-0.1, -0.05) is 55.0 Å². The summed E-state index contributed by atoms with van der Waals surface area (Å²) in [6.45, 7) is 3.35. The van der Waals surface area contributed by atoms with E-state index in [4.69, 9.17) is 0 Å². The Balaban J connectivity index is 1.56. The molecule has 5 atom stereocenters. The highest BCUT2D eigenvalue weighted by molar-refractivity contribution is 6.10. The topological polar surface area (TPSA) is 110 Å². The van der Waals surface area contributed by atoms with Gasteiger partial charge in [0.05, 0.1) is 30.0 Å². The van der Waals surface area contributed by atoms with Crippen LogP contribution in [0.15, 0.2) is 78.4 Å². The van der Waals surface area contributed by atoms with Gasteiger partial charge in [0.2, 0.25) is 0 Å². The van der Waals surface area contributed by atoms with Gasteiger partial charge in [0, 0.05) is 36.2 Å². The summed E-state index contributed by atoms with van der Waals surface area (Å²) in [5.74, 6) is -1.47. The number of halogens is 6. The third-order valence-corrected chi connectivity index (χ3v) is 11.1. The molecule has 3 aliphatic rings. The number of alkyl halides is 6. The van der Waals surface area contributed by atoms with E-state index in [2.05, 4.69) is 10.8 Å². The Morgan fingerprint density at radius 2 is 1.72 bits per heavy atom. The van der Waals surface area contributed by atoms with Gasteiger partial charge in [-0.05, 0) is 105 Å². The molecule has 13 heteroatoms. The van der Waals surface area contributed by atoms with Crippen molar-refractivity contribution in [2.24, 2.45) is 5.41 Å². The number of aliphatic hydroxyl groups excluding tert-OH is 3. The second-order valence-electron chi connectivity index (χ2n) is 15.1. The van der Waals surface area contributed by atoms with Gasteiger partial charge in [0.25, 0.3) is 0 Å². The van der Waals surface area contributed by atoms with Crippen molar-refractivity contribution in [3.63, 3.8) is 0 Å². The molecule has 3 aliphatic carbocycles. The van der Waals surface area contributed by atoms with E-state index in [0.717, 1.165) is 17.7 Å². The van der Waals surface area contributed by atoms with Gasteiger partial charge in [0.1, 0.15) is 5.75 Å². The highest BCUT2D eigenvalue weighted by Crippen LogP contribution is 2.59. The summed E-state index contributed by atoms with van der Waals surface area (Å²) in [5, 5.41) is 43.9. The number of rotatable bonds is 10. The fraction of sp³-hybridized carbons (Fsp3) is 0.488. The predicted molar refractivity (Wildman–Crippen MR) is 190 cm³/mol. The molecule has 0 aliphatic heterocycles. The van der Waals surface area contributed by atoms with Crippen molar-refractivity contribution in [1.29, 1.82) is 0 Å². The maximum atomic E-state index is 14.3. The van der Waals surface area contributed by atoms with Crippen LogP contribution >= 0.6 is 0 Å². The lowest BCUT2D eigenvalue weighted by atomic mass is 9.64. The maximum absolute atomic E-state index is 14.3. The van der Waals surface area contributed by atoms with Gasteiger partial charge in [0.15, 0.2) is 5.78 Å². The third kappa shape index (κ3) is 9.91. The van der Waals surface area contributed by atoms with Crippen LogP contribution in [-0.2, 0) is 19.1 Å². The van der Waals surface area contributed by atoms with Gasteiger partial charge >= 0.3 is 12.5 Å². The van der Waals surface area contributed by atoms with Crippen molar-refractivity contribution in [2.45, 2.75) is 102 Å². The number of hydrogen-bond donors (Lipinski definition) is 4. The van der Waals surface area contributed by atoms with Gasteiger partial charge in [-0.3, -0.25) is 9.69 Å². The molecule has 0 saturated heterocycles. The number of ketones is 1. The van der Waals surface area contributed by atoms with Crippen LogP contribution in [0, 0.1) is 5.41 Å². The lowest BCUT2D eigenvalue weighted by Gasteiger charge is -2.46. The first-order valence-corrected chi connectivity index (χ1v) is 18.1. The van der Waals surface area contributed by atoms with Crippen LogP contribution in [0.4, 0.5) is 26.3 Å². The van der Waals surface area contributed by atoms with Crippen molar-refractivity contribution in [3.8, 4) is 5.75 Å². The summed E-state index contributed by atoms with van der Waals surface area (Å²) in [4.78, 5) is 16.0. The molecule has 3 aromatic rings. The number of carbonyl (C=O) groups is 1. The number of aliphatic hydroxyl groups is 4. The van der Waals surface area contributed by atoms with Crippen LogP contribution in [0.3, 0.4) is 0 Å². The van der Waals surface area contributed by atoms with E-state index >= 15 is 0 Å². The molecule has 6 rings (SSSR count). The minimum absolute atomic E-state index is 0.0122. The van der Waals surface area contributed by atoms with Crippen molar-refractivity contribution in [2.75, 3.05) is 19.7 Å². The Labute approximate surface area is 310 Å². The molecule has 5 unspecified atom stereocenters. The first-order valence-electron chi connectivity index (χ1n) is 18.1. The number of hydrogen-bond acceptors (Lipinski definition) is 7. The molecule has 294 valence electrons. The van der Waals surface area contributed by atoms with Crippen molar-refractivity contribution >= 4 is 5.78 Å². The zero-order valence-corrected chi connectivity index (χ0v) is 30.3. The Kier molecular flexibility index (Phi) is 12.7. The average molecular weight is 764 g/mol. The SMILES string of the molecule is CC1=CCCC2(C)C(CCC2(O)CN(Cc2ccc(OC(F)(F)F)cc2)CC(O)CO)c2ccc(cc2C(=O)c2cccc(C(F)(F)F)c2)CC(O)CC1. The molecular formula is C41H47F6NO6. The van der Waals surface area contributed by atoms with E-state index < -0.39 is 65.4 Å². The lowest BCUT2D eigenvalue weighted by Crippen LogP contribution is -2.53. The first-order chi connectivity index (χ1) is 25.3. The number of nitrogens with zero attached hydrogens (tertiary/aromatic N) is 1. The second-order valence-corrected chi connectivity index (χ2v) is 15.1. The van der Waals surface area contributed by atoms with Gasteiger partial charge in [-0.25, -0.2) is 0 Å². The molecule has 54 heavy (non-hydrogen) atoms. The monoisotopic (exact) mass is 763 g/mol. The van der Waals surface area contributed by atoms with Gasteiger partial charge in [-0.2, -0.15) is 13.2 Å². The Bertz CT molecular complexity index is 1790. The quantitative estimate of drug-likeness (QED) is 0.0951. The average Bonchev–Trinajstić information content (AvgIpc) is 3.35. The molecule has 0 aromatic heterocycles. The van der Waals surface area contributed by atoms with Crippen LogP contribution in [0.25, 0.3) is 0 Å². The van der Waals surface area contributed by atoms with Crippen molar-refractivity contribution in [3.05, 3.63) is 112 Å². The maximum Gasteiger partial charge on any atom is 0.573 e. The Hall–Kier alpha value is -3.75. The van der Waals surface area contributed by atoms with Crippen molar-refractivity contribution in [1.82, 2.24) is 4.90 Å². The lowest BCUT2D eigenvalue weighted by molar-refractivity contribution is -0.274. The third-order valence-electron chi connectivity index (χ3n) is 11.1. The van der Waals surface area contributed by atoms with E-state index in [9.17, 15) is 51.6 Å². The second kappa shape index (κ2) is 16.5. The smallest absolute Gasteiger partial charge is 0.406 e. The van der Waals surface area contributed by atoms with Crippen LogP contribution < -0.4 is 4.74 Å². The van der Waals surface area contributed by atoms with Crippen molar-refractivity contribution < 1.29 is 56.3 Å². The minimum Gasteiger partial charge on any atom is -0.406 e. The molecule has 7 nitrogen and oxygen atoms in total. The zero-order chi connectivity index (χ0) is 39.5. The number of ether oxygens (including phenoxy) is 1. The fourth-order valence-corrected chi connectivity index (χ4v) is 8.15. The largest absolute Gasteiger partial charge is 0.573 e. The van der Waals surface area contributed by atoms with E-state index in [1.807, 2.05) is 19.9 Å². The number of carbonyl (C=O) groups excluding carboxylic acids is 1. The fourth-order valence-electron chi connectivity index (χ4n) is 8.15. The van der Waals surface area contributed by atoms with E-state index in [0.29, 0.717) is 48.8 Å². The molecule has 1 fully saturated rings. The molecule has 0 radical (unpaired) electrons. The Morgan fingerprint density at radius 3 is 2.39 bits per heavy atom. The molecule has 0 heterocycles.